The number of hydrogen-bond donors (Lipinski definition) is 0. The van der Waals surface area contributed by atoms with Crippen LogP contribution in [0.5, 0.6) is 0 Å². The Balaban J connectivity index is 2.05. The van der Waals surface area contributed by atoms with Crippen molar-refractivity contribution in [1.82, 2.24) is 3.97 Å². The van der Waals surface area contributed by atoms with Crippen LogP contribution in [0.25, 0.3) is 0 Å². The van der Waals surface area contributed by atoms with Crippen molar-refractivity contribution >= 4 is 27.4 Å². The molecule has 0 unspecified atom stereocenters. The number of rotatable bonds is 4. The van der Waals surface area contributed by atoms with Crippen molar-refractivity contribution in [2.75, 3.05) is 0 Å². The van der Waals surface area contributed by atoms with Gasteiger partial charge in [-0.25, -0.2) is 12.4 Å². The zero-order chi connectivity index (χ0) is 17.3. The third kappa shape index (κ3) is 3.00. The summed E-state index contributed by atoms with van der Waals surface area (Å²) in [4.78, 5) is 12.8. The smallest absolute Gasteiger partial charge is 0.268 e. The fraction of sp³-hybridized carbons (Fsp3) is 0.0556. The van der Waals surface area contributed by atoms with Gasteiger partial charge in [0.15, 0.2) is 0 Å². The lowest BCUT2D eigenvalue weighted by atomic mass is 10.1. The Bertz CT molecular complexity index is 988. The number of nitrogens with zero attached hydrogens (tertiary/aromatic N) is 1. The molecular formula is C18H14ClNO3S. The second-order valence-corrected chi connectivity index (χ2v) is 7.59. The normalized spacial score (nSPS) is 11.4. The maximum atomic E-state index is 12.8. The van der Waals surface area contributed by atoms with Gasteiger partial charge in [0.05, 0.1) is 4.90 Å². The SMILES string of the molecule is Cc1ccc(S(=O)(=O)n2cccc2C(=O)c2ccc(Cl)cc2)cc1. The second kappa shape index (κ2) is 6.26. The molecule has 0 aliphatic heterocycles. The summed E-state index contributed by atoms with van der Waals surface area (Å²) < 4.78 is 26.6. The summed E-state index contributed by atoms with van der Waals surface area (Å²) in [7, 11) is -3.83. The largest absolute Gasteiger partial charge is 0.287 e. The molecule has 0 aliphatic rings. The van der Waals surface area contributed by atoms with Crippen molar-refractivity contribution in [2.45, 2.75) is 11.8 Å². The molecule has 0 N–H and O–H groups in total. The summed E-state index contributed by atoms with van der Waals surface area (Å²) in [5.74, 6) is -0.382. The van der Waals surface area contributed by atoms with Crippen molar-refractivity contribution in [1.29, 1.82) is 0 Å². The average Bonchev–Trinajstić information content (AvgIpc) is 3.06. The van der Waals surface area contributed by atoms with Gasteiger partial charge in [0.25, 0.3) is 10.0 Å². The number of carbonyl (C=O) groups is 1. The summed E-state index contributed by atoms with van der Waals surface area (Å²) >= 11 is 5.83. The van der Waals surface area contributed by atoms with E-state index >= 15 is 0 Å². The fourth-order valence-electron chi connectivity index (χ4n) is 2.32. The number of ketones is 1. The molecule has 3 aromatic rings. The van der Waals surface area contributed by atoms with Gasteiger partial charge in [0, 0.05) is 16.8 Å². The lowest BCUT2D eigenvalue weighted by Gasteiger charge is -2.10. The predicted molar refractivity (Wildman–Crippen MR) is 93.1 cm³/mol. The summed E-state index contributed by atoms with van der Waals surface area (Å²) in [6.07, 6.45) is 1.37. The number of aromatic nitrogens is 1. The summed E-state index contributed by atoms with van der Waals surface area (Å²) in [5.41, 5.74) is 1.41. The number of aryl methyl sites for hydroxylation is 1. The van der Waals surface area contributed by atoms with E-state index in [-0.39, 0.29) is 16.4 Å². The van der Waals surface area contributed by atoms with Gasteiger partial charge in [-0.05, 0) is 55.5 Å². The highest BCUT2D eigenvalue weighted by Gasteiger charge is 2.23. The molecule has 24 heavy (non-hydrogen) atoms. The molecule has 0 spiro atoms. The molecule has 0 aliphatic carbocycles. The van der Waals surface area contributed by atoms with Gasteiger partial charge in [0.2, 0.25) is 5.78 Å². The second-order valence-electron chi connectivity index (χ2n) is 5.34. The third-order valence-electron chi connectivity index (χ3n) is 3.63. The monoisotopic (exact) mass is 359 g/mol. The van der Waals surface area contributed by atoms with Gasteiger partial charge >= 0.3 is 0 Å². The average molecular weight is 360 g/mol. The Morgan fingerprint density at radius 1 is 0.958 bits per heavy atom. The zero-order valence-corrected chi connectivity index (χ0v) is 14.4. The number of benzene rings is 2. The van der Waals surface area contributed by atoms with Crippen LogP contribution in [-0.4, -0.2) is 18.2 Å². The van der Waals surface area contributed by atoms with E-state index in [0.29, 0.717) is 10.6 Å². The first-order valence-corrected chi connectivity index (χ1v) is 9.01. The molecule has 0 saturated heterocycles. The quantitative estimate of drug-likeness (QED) is 0.663. The van der Waals surface area contributed by atoms with Crippen LogP contribution < -0.4 is 0 Å². The van der Waals surface area contributed by atoms with E-state index in [1.54, 1.807) is 36.4 Å². The van der Waals surface area contributed by atoms with Crippen LogP contribution in [0.15, 0.2) is 71.8 Å². The van der Waals surface area contributed by atoms with E-state index < -0.39 is 10.0 Å². The van der Waals surface area contributed by atoms with Crippen LogP contribution in [0.1, 0.15) is 21.6 Å². The fourth-order valence-corrected chi connectivity index (χ4v) is 3.79. The van der Waals surface area contributed by atoms with Crippen LogP contribution in [-0.2, 0) is 10.0 Å². The van der Waals surface area contributed by atoms with Crippen molar-refractivity contribution in [2.24, 2.45) is 0 Å². The molecule has 0 fully saturated rings. The highest BCUT2D eigenvalue weighted by molar-refractivity contribution is 7.90. The first-order valence-electron chi connectivity index (χ1n) is 7.19. The standard InChI is InChI=1S/C18H14ClNO3S/c1-13-4-10-16(11-5-13)24(22,23)20-12-2-3-17(20)18(21)14-6-8-15(19)9-7-14/h2-12H,1H3. The van der Waals surface area contributed by atoms with Gasteiger partial charge in [-0.3, -0.25) is 4.79 Å². The van der Waals surface area contributed by atoms with Crippen molar-refractivity contribution in [3.8, 4) is 0 Å². The Labute approximate surface area is 145 Å². The predicted octanol–water partition coefficient (Wildman–Crippen LogP) is 3.92. The van der Waals surface area contributed by atoms with E-state index in [1.165, 1.54) is 30.5 Å². The lowest BCUT2D eigenvalue weighted by molar-refractivity contribution is 0.103. The molecule has 2 aromatic carbocycles. The Morgan fingerprint density at radius 2 is 1.58 bits per heavy atom. The number of carbonyl (C=O) groups excluding carboxylic acids is 1. The lowest BCUT2D eigenvalue weighted by Crippen LogP contribution is -2.18. The number of halogens is 1. The van der Waals surface area contributed by atoms with Crippen LogP contribution in [0.4, 0.5) is 0 Å². The Kier molecular flexibility index (Phi) is 4.30. The molecule has 4 nitrogen and oxygen atoms in total. The molecule has 1 heterocycles. The molecule has 6 heteroatoms. The molecule has 122 valence electrons. The highest BCUT2D eigenvalue weighted by Crippen LogP contribution is 2.20. The van der Waals surface area contributed by atoms with Crippen molar-refractivity contribution in [3.05, 3.63) is 88.7 Å². The summed E-state index contributed by atoms with van der Waals surface area (Å²) in [6.45, 7) is 1.88. The minimum Gasteiger partial charge on any atom is -0.287 e. The van der Waals surface area contributed by atoms with E-state index in [2.05, 4.69) is 0 Å². The Morgan fingerprint density at radius 3 is 2.21 bits per heavy atom. The third-order valence-corrected chi connectivity index (χ3v) is 5.59. The Hall–Kier alpha value is -2.37. The van der Waals surface area contributed by atoms with Gasteiger partial charge < -0.3 is 0 Å². The van der Waals surface area contributed by atoms with Gasteiger partial charge in [0.1, 0.15) is 5.69 Å². The summed E-state index contributed by atoms with van der Waals surface area (Å²) in [5, 5.41) is 0.509. The zero-order valence-electron chi connectivity index (χ0n) is 12.8. The molecule has 0 amide bonds. The van der Waals surface area contributed by atoms with E-state index in [1.807, 2.05) is 6.92 Å². The number of hydrogen-bond acceptors (Lipinski definition) is 3. The van der Waals surface area contributed by atoms with Gasteiger partial charge in [-0.15, -0.1) is 0 Å². The molecule has 0 saturated carbocycles. The van der Waals surface area contributed by atoms with E-state index in [0.717, 1.165) is 9.54 Å². The van der Waals surface area contributed by atoms with Crippen LogP contribution in [0.2, 0.25) is 5.02 Å². The topological polar surface area (TPSA) is 56.1 Å². The molecule has 0 bridgehead atoms. The summed E-state index contributed by atoms with van der Waals surface area (Å²) in [6, 6.07) is 15.8. The minimum atomic E-state index is -3.83. The molecule has 3 rings (SSSR count). The first kappa shape index (κ1) is 16.5. The van der Waals surface area contributed by atoms with Crippen molar-refractivity contribution in [3.63, 3.8) is 0 Å². The van der Waals surface area contributed by atoms with E-state index in [4.69, 9.17) is 11.6 Å². The van der Waals surface area contributed by atoms with Crippen LogP contribution in [0.3, 0.4) is 0 Å². The first-order chi connectivity index (χ1) is 11.4. The van der Waals surface area contributed by atoms with Crippen LogP contribution >= 0.6 is 11.6 Å². The molecular weight excluding hydrogens is 346 g/mol. The highest BCUT2D eigenvalue weighted by atomic mass is 35.5. The van der Waals surface area contributed by atoms with Gasteiger partial charge in [-0.1, -0.05) is 29.3 Å². The maximum Gasteiger partial charge on any atom is 0.268 e. The molecule has 1 aromatic heterocycles. The van der Waals surface area contributed by atoms with Gasteiger partial charge in [-0.2, -0.15) is 0 Å². The van der Waals surface area contributed by atoms with Crippen molar-refractivity contribution < 1.29 is 13.2 Å². The molecule has 0 radical (unpaired) electrons. The minimum absolute atomic E-state index is 0.0814. The van der Waals surface area contributed by atoms with E-state index in [9.17, 15) is 13.2 Å². The van der Waals surface area contributed by atoms with Crippen LogP contribution in [0, 0.1) is 6.92 Å². The maximum absolute atomic E-state index is 12.8. The molecule has 0 atom stereocenters.